The van der Waals surface area contributed by atoms with E-state index in [1.807, 2.05) is 36.4 Å². The van der Waals surface area contributed by atoms with Gasteiger partial charge in [0.2, 0.25) is 0 Å². The number of rotatable bonds is 8. The highest BCUT2D eigenvalue weighted by molar-refractivity contribution is 6.33. The van der Waals surface area contributed by atoms with Gasteiger partial charge in [-0.1, -0.05) is 35.9 Å². The molecule has 3 aromatic rings. The lowest BCUT2D eigenvalue weighted by Crippen LogP contribution is -2.39. The van der Waals surface area contributed by atoms with Crippen LogP contribution in [0.2, 0.25) is 5.02 Å². The summed E-state index contributed by atoms with van der Waals surface area (Å²) < 4.78 is 16.2. The highest BCUT2D eigenvalue weighted by Crippen LogP contribution is 2.36. The molecule has 2 amide bonds. The minimum Gasteiger partial charge on any atom is -0.497 e. The molecule has 1 aliphatic rings. The summed E-state index contributed by atoms with van der Waals surface area (Å²) in [6.45, 7) is -0.173. The van der Waals surface area contributed by atoms with Crippen LogP contribution in [0, 0.1) is 0 Å². The van der Waals surface area contributed by atoms with Crippen molar-refractivity contribution in [3.63, 3.8) is 0 Å². The molecule has 0 aliphatic carbocycles. The first-order valence-electron chi connectivity index (χ1n) is 11.6. The summed E-state index contributed by atoms with van der Waals surface area (Å²) in [6, 6.07) is 19.4. The van der Waals surface area contributed by atoms with E-state index in [0.717, 1.165) is 11.1 Å². The molecule has 3 aromatic carbocycles. The van der Waals surface area contributed by atoms with Crippen LogP contribution in [0.5, 0.6) is 17.2 Å². The Bertz CT molecular complexity index is 1330. The Kier molecular flexibility index (Phi) is 7.98. The lowest BCUT2D eigenvalue weighted by molar-refractivity contribution is -0.133. The van der Waals surface area contributed by atoms with Crippen molar-refractivity contribution in [3.8, 4) is 17.2 Å². The third-order valence-corrected chi connectivity index (χ3v) is 6.54. The number of amides is 2. The molecule has 37 heavy (non-hydrogen) atoms. The van der Waals surface area contributed by atoms with E-state index in [4.69, 9.17) is 30.9 Å². The molecular formula is C28H28ClN3O5. The third-order valence-electron chi connectivity index (χ3n) is 6.21. The number of hydrogen-bond donors (Lipinski definition) is 0. The number of carbonyl (C=O) groups excluding carboxylic acids is 2. The summed E-state index contributed by atoms with van der Waals surface area (Å²) in [5.41, 5.74) is 2.67. The van der Waals surface area contributed by atoms with Crippen LogP contribution < -0.4 is 14.2 Å². The van der Waals surface area contributed by atoms with E-state index in [1.165, 1.54) is 9.91 Å². The molecule has 192 valence electrons. The summed E-state index contributed by atoms with van der Waals surface area (Å²) in [6.07, 6.45) is 0.461. The van der Waals surface area contributed by atoms with Crippen molar-refractivity contribution in [1.29, 1.82) is 0 Å². The van der Waals surface area contributed by atoms with Crippen molar-refractivity contribution < 1.29 is 23.8 Å². The van der Waals surface area contributed by atoms with Gasteiger partial charge >= 0.3 is 0 Å². The van der Waals surface area contributed by atoms with Gasteiger partial charge in [-0.05, 0) is 42.0 Å². The molecule has 0 bridgehead atoms. The minimum absolute atomic E-state index is 0.173. The molecule has 0 fully saturated rings. The van der Waals surface area contributed by atoms with E-state index in [0.29, 0.717) is 40.0 Å². The van der Waals surface area contributed by atoms with Gasteiger partial charge in [0.25, 0.3) is 11.8 Å². The van der Waals surface area contributed by atoms with Gasteiger partial charge in [0, 0.05) is 25.1 Å². The van der Waals surface area contributed by atoms with Crippen LogP contribution in [0.15, 0.2) is 71.8 Å². The molecule has 1 aliphatic heterocycles. The lowest BCUT2D eigenvalue weighted by Gasteiger charge is -2.25. The Balaban J connectivity index is 1.65. The van der Waals surface area contributed by atoms with Crippen LogP contribution in [-0.2, 0) is 4.79 Å². The molecule has 4 rings (SSSR count). The highest BCUT2D eigenvalue weighted by Gasteiger charge is 2.35. The number of likely N-dealkylation sites (N-methyl/N-ethyl adjacent to an activating group) is 1. The smallest absolute Gasteiger partial charge is 0.262 e. The standard InChI is InChI=1S/C28H28ClN3O5/c1-31(28(34)21-7-5-6-8-23(21)29)17-27(33)32-25(18-9-11-19(35-2)12-10-18)16-24(30-32)22-14-13-20(36-3)15-26(22)37-4/h5-15,25H,16-17H2,1-4H3/t25-/m1/s1. The summed E-state index contributed by atoms with van der Waals surface area (Å²) in [7, 11) is 6.33. The van der Waals surface area contributed by atoms with E-state index in [1.54, 1.807) is 58.7 Å². The van der Waals surface area contributed by atoms with Gasteiger partial charge in [-0.15, -0.1) is 0 Å². The Morgan fingerprint density at radius 2 is 1.65 bits per heavy atom. The number of methoxy groups -OCH3 is 3. The van der Waals surface area contributed by atoms with Crippen molar-refractivity contribution in [1.82, 2.24) is 9.91 Å². The second kappa shape index (κ2) is 11.3. The maximum Gasteiger partial charge on any atom is 0.262 e. The molecule has 9 heteroatoms. The second-order valence-corrected chi connectivity index (χ2v) is 8.89. The third kappa shape index (κ3) is 5.54. The summed E-state index contributed by atoms with van der Waals surface area (Å²) in [5.74, 6) is 1.28. The van der Waals surface area contributed by atoms with Crippen molar-refractivity contribution >= 4 is 29.1 Å². The van der Waals surface area contributed by atoms with Crippen LogP contribution in [0.4, 0.5) is 0 Å². The molecule has 0 aromatic heterocycles. The van der Waals surface area contributed by atoms with Gasteiger partial charge in [0.15, 0.2) is 0 Å². The molecule has 1 atom stereocenters. The minimum atomic E-state index is -0.371. The fourth-order valence-corrected chi connectivity index (χ4v) is 4.43. The second-order valence-electron chi connectivity index (χ2n) is 8.49. The number of benzene rings is 3. The van der Waals surface area contributed by atoms with Crippen molar-refractivity contribution in [3.05, 3.63) is 88.4 Å². The normalized spacial score (nSPS) is 14.7. The summed E-state index contributed by atoms with van der Waals surface area (Å²) in [5, 5.41) is 6.48. The van der Waals surface area contributed by atoms with E-state index < -0.39 is 0 Å². The Morgan fingerprint density at radius 3 is 2.30 bits per heavy atom. The average molecular weight is 522 g/mol. The Labute approximate surface area is 221 Å². The maximum atomic E-state index is 13.5. The summed E-state index contributed by atoms with van der Waals surface area (Å²) in [4.78, 5) is 27.8. The Morgan fingerprint density at radius 1 is 0.973 bits per heavy atom. The molecule has 0 N–H and O–H groups in total. The molecule has 0 unspecified atom stereocenters. The monoisotopic (exact) mass is 521 g/mol. The number of ether oxygens (including phenoxy) is 3. The van der Waals surface area contributed by atoms with Gasteiger partial charge in [0.05, 0.1) is 43.7 Å². The number of hydrogen-bond acceptors (Lipinski definition) is 6. The first-order valence-corrected chi connectivity index (χ1v) is 12.0. The topological polar surface area (TPSA) is 80.7 Å². The molecule has 0 spiro atoms. The van der Waals surface area contributed by atoms with Crippen LogP contribution in [-0.4, -0.2) is 62.4 Å². The average Bonchev–Trinajstić information content (AvgIpc) is 3.38. The number of halogens is 1. The zero-order chi connectivity index (χ0) is 26.5. The predicted molar refractivity (Wildman–Crippen MR) is 142 cm³/mol. The number of nitrogens with zero attached hydrogens (tertiary/aromatic N) is 3. The quantitative estimate of drug-likeness (QED) is 0.425. The zero-order valence-corrected chi connectivity index (χ0v) is 21.9. The number of carbonyl (C=O) groups is 2. The molecule has 0 saturated heterocycles. The van der Waals surface area contributed by atoms with Gasteiger partial charge in [-0.2, -0.15) is 5.10 Å². The van der Waals surface area contributed by atoms with Crippen LogP contribution in [0.3, 0.4) is 0 Å². The number of hydrazone groups is 1. The van der Waals surface area contributed by atoms with Crippen LogP contribution in [0.1, 0.15) is 33.9 Å². The SMILES string of the molecule is COc1ccc([C@H]2CC(c3ccc(OC)cc3OC)=NN2C(=O)CN(C)C(=O)c2ccccc2Cl)cc1. The van der Waals surface area contributed by atoms with Gasteiger partial charge in [-0.25, -0.2) is 5.01 Å². The molecule has 0 radical (unpaired) electrons. The molecule has 8 nitrogen and oxygen atoms in total. The predicted octanol–water partition coefficient (Wildman–Crippen LogP) is 4.82. The van der Waals surface area contributed by atoms with E-state index >= 15 is 0 Å². The fourth-order valence-electron chi connectivity index (χ4n) is 4.21. The van der Waals surface area contributed by atoms with Crippen LogP contribution >= 0.6 is 11.6 Å². The molecular weight excluding hydrogens is 494 g/mol. The van der Waals surface area contributed by atoms with Crippen molar-refractivity contribution in [2.24, 2.45) is 5.10 Å². The summed E-state index contributed by atoms with van der Waals surface area (Å²) >= 11 is 6.20. The van der Waals surface area contributed by atoms with Gasteiger partial charge in [-0.3, -0.25) is 9.59 Å². The van der Waals surface area contributed by atoms with Crippen LogP contribution in [0.25, 0.3) is 0 Å². The zero-order valence-electron chi connectivity index (χ0n) is 21.1. The van der Waals surface area contributed by atoms with Crippen molar-refractivity contribution in [2.75, 3.05) is 34.9 Å². The maximum absolute atomic E-state index is 13.5. The molecule has 0 saturated carbocycles. The first-order chi connectivity index (χ1) is 17.9. The highest BCUT2D eigenvalue weighted by atomic mass is 35.5. The van der Waals surface area contributed by atoms with E-state index in [-0.39, 0.29) is 24.4 Å². The molecule has 1 heterocycles. The first kappa shape index (κ1) is 26.0. The van der Waals surface area contributed by atoms with Gasteiger partial charge in [0.1, 0.15) is 23.8 Å². The van der Waals surface area contributed by atoms with Gasteiger partial charge < -0.3 is 19.1 Å². The Hall–Kier alpha value is -4.04. The fraction of sp³-hybridized carbons (Fsp3) is 0.250. The largest absolute Gasteiger partial charge is 0.497 e. The van der Waals surface area contributed by atoms with Crippen molar-refractivity contribution in [2.45, 2.75) is 12.5 Å². The van der Waals surface area contributed by atoms with E-state index in [9.17, 15) is 9.59 Å². The lowest BCUT2D eigenvalue weighted by atomic mass is 9.97. The van der Waals surface area contributed by atoms with E-state index in [2.05, 4.69) is 0 Å².